The highest BCUT2D eigenvalue weighted by Crippen LogP contribution is 2.12. The Hall–Kier alpha value is -2.53. The minimum Gasteiger partial charge on any atom is -0.469 e. The van der Waals surface area contributed by atoms with E-state index < -0.39 is 0 Å². The van der Waals surface area contributed by atoms with E-state index in [1.165, 1.54) is 18.1 Å². The predicted molar refractivity (Wildman–Crippen MR) is 91.2 cm³/mol. The van der Waals surface area contributed by atoms with E-state index >= 15 is 0 Å². The summed E-state index contributed by atoms with van der Waals surface area (Å²) in [5, 5.41) is 0.635. The molecule has 1 aromatic carbocycles. The Morgan fingerprint density at radius 3 is 2.62 bits per heavy atom. The molecule has 0 spiro atoms. The van der Waals surface area contributed by atoms with E-state index in [4.69, 9.17) is 16.0 Å². The van der Waals surface area contributed by atoms with E-state index in [0.717, 1.165) is 5.56 Å². The average Bonchev–Trinajstić information content (AvgIpc) is 3.10. The molecule has 0 aliphatic rings. The standard InChI is InChI=1S/C18H18ClNO4/c1-23-18(22)10-11-20(13-16-3-2-12-24-16)17(21)9-6-14-4-7-15(19)8-5-14/h2-9,12H,10-11,13H2,1H3/b9-6+. The summed E-state index contributed by atoms with van der Waals surface area (Å²) in [6, 6.07) is 10.7. The molecule has 0 radical (unpaired) electrons. The molecule has 5 nitrogen and oxygen atoms in total. The molecule has 2 aromatic rings. The molecule has 2 rings (SSSR count). The Labute approximate surface area is 145 Å². The molecule has 6 heteroatoms. The first-order chi connectivity index (χ1) is 11.6. The number of carbonyl (C=O) groups excluding carboxylic acids is 2. The van der Waals surface area contributed by atoms with E-state index in [0.29, 0.717) is 10.8 Å². The van der Waals surface area contributed by atoms with Gasteiger partial charge in [-0.1, -0.05) is 23.7 Å². The van der Waals surface area contributed by atoms with Gasteiger partial charge in [-0.3, -0.25) is 9.59 Å². The van der Waals surface area contributed by atoms with Crippen molar-refractivity contribution < 1.29 is 18.7 Å². The fourth-order valence-electron chi connectivity index (χ4n) is 2.03. The van der Waals surface area contributed by atoms with Crippen LogP contribution in [0.4, 0.5) is 0 Å². The first kappa shape index (κ1) is 17.8. The summed E-state index contributed by atoms with van der Waals surface area (Å²) in [5.74, 6) is 0.0623. The van der Waals surface area contributed by atoms with Crippen LogP contribution in [-0.2, 0) is 20.9 Å². The molecule has 0 bridgehead atoms. The number of carbonyl (C=O) groups is 2. The Kier molecular flexibility index (Phi) is 6.63. The Bertz CT molecular complexity index is 692. The second kappa shape index (κ2) is 8.93. The number of rotatable bonds is 7. The summed E-state index contributed by atoms with van der Waals surface area (Å²) in [7, 11) is 1.32. The number of hydrogen-bond acceptors (Lipinski definition) is 4. The van der Waals surface area contributed by atoms with Gasteiger partial charge in [0.1, 0.15) is 5.76 Å². The third-order valence-corrected chi connectivity index (χ3v) is 3.59. The third-order valence-electron chi connectivity index (χ3n) is 3.34. The van der Waals surface area contributed by atoms with Crippen molar-refractivity contribution in [3.63, 3.8) is 0 Å². The van der Waals surface area contributed by atoms with Crippen LogP contribution in [-0.4, -0.2) is 30.4 Å². The molecule has 126 valence electrons. The largest absolute Gasteiger partial charge is 0.469 e. The maximum atomic E-state index is 12.4. The molecular formula is C18H18ClNO4. The minimum absolute atomic E-state index is 0.123. The van der Waals surface area contributed by atoms with Crippen molar-refractivity contribution >= 4 is 29.6 Å². The van der Waals surface area contributed by atoms with Crippen LogP contribution in [0.5, 0.6) is 0 Å². The van der Waals surface area contributed by atoms with Gasteiger partial charge in [-0.25, -0.2) is 0 Å². The molecule has 1 heterocycles. The predicted octanol–water partition coefficient (Wildman–Crippen LogP) is 3.54. The maximum absolute atomic E-state index is 12.4. The molecular weight excluding hydrogens is 330 g/mol. The maximum Gasteiger partial charge on any atom is 0.307 e. The van der Waals surface area contributed by atoms with E-state index in [-0.39, 0.29) is 31.4 Å². The summed E-state index contributed by atoms with van der Waals surface area (Å²) in [4.78, 5) is 25.3. The first-order valence-electron chi connectivity index (χ1n) is 7.40. The van der Waals surface area contributed by atoms with Crippen LogP contribution in [0, 0.1) is 0 Å². The van der Waals surface area contributed by atoms with Crippen molar-refractivity contribution in [2.45, 2.75) is 13.0 Å². The van der Waals surface area contributed by atoms with E-state index in [1.807, 2.05) is 12.1 Å². The summed E-state index contributed by atoms with van der Waals surface area (Å²) in [5.41, 5.74) is 0.860. The van der Waals surface area contributed by atoms with Crippen molar-refractivity contribution in [3.05, 3.63) is 65.1 Å². The van der Waals surface area contributed by atoms with Crippen molar-refractivity contribution in [1.29, 1.82) is 0 Å². The van der Waals surface area contributed by atoms with Crippen molar-refractivity contribution in [2.75, 3.05) is 13.7 Å². The molecule has 1 aromatic heterocycles. The molecule has 0 aliphatic carbocycles. The van der Waals surface area contributed by atoms with Crippen LogP contribution in [0.25, 0.3) is 6.08 Å². The van der Waals surface area contributed by atoms with Gasteiger partial charge in [-0.05, 0) is 35.9 Å². The lowest BCUT2D eigenvalue weighted by atomic mass is 10.2. The number of halogens is 1. The zero-order chi connectivity index (χ0) is 17.4. The highest BCUT2D eigenvalue weighted by molar-refractivity contribution is 6.30. The van der Waals surface area contributed by atoms with Crippen LogP contribution in [0.15, 0.2) is 53.2 Å². The van der Waals surface area contributed by atoms with Crippen LogP contribution in [0.2, 0.25) is 5.02 Å². The molecule has 0 unspecified atom stereocenters. The lowest BCUT2D eigenvalue weighted by molar-refractivity contribution is -0.141. The molecule has 1 amide bonds. The van der Waals surface area contributed by atoms with Gasteiger partial charge in [0.15, 0.2) is 0 Å². The molecule has 0 saturated heterocycles. The lowest BCUT2D eigenvalue weighted by Crippen LogP contribution is -2.31. The van der Waals surface area contributed by atoms with Crippen LogP contribution in [0.1, 0.15) is 17.7 Å². The van der Waals surface area contributed by atoms with Gasteiger partial charge in [-0.2, -0.15) is 0 Å². The monoisotopic (exact) mass is 347 g/mol. The van der Waals surface area contributed by atoms with Gasteiger partial charge >= 0.3 is 5.97 Å². The number of nitrogens with zero attached hydrogens (tertiary/aromatic N) is 1. The first-order valence-corrected chi connectivity index (χ1v) is 7.78. The second-order valence-corrected chi connectivity index (χ2v) is 5.49. The van der Waals surface area contributed by atoms with Crippen LogP contribution < -0.4 is 0 Å². The average molecular weight is 348 g/mol. The van der Waals surface area contributed by atoms with E-state index in [9.17, 15) is 9.59 Å². The molecule has 0 aliphatic heterocycles. The topological polar surface area (TPSA) is 59.8 Å². The normalized spacial score (nSPS) is 10.8. The van der Waals surface area contributed by atoms with Gasteiger partial charge < -0.3 is 14.1 Å². The van der Waals surface area contributed by atoms with Crippen molar-refractivity contribution in [2.24, 2.45) is 0 Å². The van der Waals surface area contributed by atoms with E-state index in [1.54, 1.807) is 36.6 Å². The Morgan fingerprint density at radius 2 is 2.00 bits per heavy atom. The van der Waals surface area contributed by atoms with Gasteiger partial charge in [0.25, 0.3) is 0 Å². The Balaban J connectivity index is 2.04. The number of ether oxygens (including phenoxy) is 1. The quantitative estimate of drug-likeness (QED) is 0.568. The molecule has 0 N–H and O–H groups in total. The van der Waals surface area contributed by atoms with E-state index in [2.05, 4.69) is 4.74 Å². The zero-order valence-electron chi connectivity index (χ0n) is 13.3. The van der Waals surface area contributed by atoms with Crippen molar-refractivity contribution in [3.8, 4) is 0 Å². The SMILES string of the molecule is COC(=O)CCN(Cc1ccco1)C(=O)/C=C/c1ccc(Cl)cc1. The van der Waals surface area contributed by atoms with Gasteiger partial charge in [0.05, 0.1) is 26.3 Å². The highest BCUT2D eigenvalue weighted by Gasteiger charge is 2.15. The second-order valence-electron chi connectivity index (χ2n) is 5.05. The summed E-state index contributed by atoms with van der Waals surface area (Å²) in [6.07, 6.45) is 4.83. The highest BCUT2D eigenvalue weighted by atomic mass is 35.5. The molecule has 0 atom stereocenters. The van der Waals surface area contributed by atoms with Gasteiger partial charge in [-0.15, -0.1) is 0 Å². The minimum atomic E-state index is -0.367. The zero-order valence-corrected chi connectivity index (χ0v) is 14.0. The number of methoxy groups -OCH3 is 1. The smallest absolute Gasteiger partial charge is 0.307 e. The third kappa shape index (κ3) is 5.59. The molecule has 24 heavy (non-hydrogen) atoms. The fraction of sp³-hybridized carbons (Fsp3) is 0.222. The summed E-state index contributed by atoms with van der Waals surface area (Å²) >= 11 is 5.84. The number of benzene rings is 1. The fourth-order valence-corrected chi connectivity index (χ4v) is 2.16. The van der Waals surface area contributed by atoms with Crippen molar-refractivity contribution in [1.82, 2.24) is 4.90 Å². The van der Waals surface area contributed by atoms with Crippen LogP contribution >= 0.6 is 11.6 Å². The molecule has 0 fully saturated rings. The number of furan rings is 1. The number of esters is 1. The lowest BCUT2D eigenvalue weighted by Gasteiger charge is -2.19. The van der Waals surface area contributed by atoms with Gasteiger partial charge in [0, 0.05) is 17.6 Å². The summed E-state index contributed by atoms with van der Waals surface area (Å²) < 4.78 is 9.90. The van der Waals surface area contributed by atoms with Gasteiger partial charge in [0.2, 0.25) is 5.91 Å². The molecule has 0 saturated carbocycles. The number of amides is 1. The summed E-state index contributed by atoms with van der Waals surface area (Å²) in [6.45, 7) is 0.533. The van der Waals surface area contributed by atoms with Crippen LogP contribution in [0.3, 0.4) is 0 Å². The Morgan fingerprint density at radius 1 is 1.25 bits per heavy atom. The number of hydrogen-bond donors (Lipinski definition) is 0.